The zero-order valence-corrected chi connectivity index (χ0v) is 10.8. The van der Waals surface area contributed by atoms with Crippen molar-refractivity contribution in [3.8, 4) is 11.5 Å². The summed E-state index contributed by atoms with van der Waals surface area (Å²) in [7, 11) is 1.68. The molecule has 1 rings (SSSR count). The van der Waals surface area contributed by atoms with Crippen molar-refractivity contribution in [1.82, 2.24) is 0 Å². The van der Waals surface area contributed by atoms with Crippen LogP contribution in [0.1, 0.15) is 33.3 Å². The van der Waals surface area contributed by atoms with Gasteiger partial charge < -0.3 is 9.47 Å². The number of ether oxygens (including phenoxy) is 2. The van der Waals surface area contributed by atoms with Crippen molar-refractivity contribution >= 4 is 0 Å². The highest BCUT2D eigenvalue weighted by Crippen LogP contribution is 2.27. The third-order valence-electron chi connectivity index (χ3n) is 2.28. The van der Waals surface area contributed by atoms with Crippen molar-refractivity contribution in [1.29, 1.82) is 0 Å². The van der Waals surface area contributed by atoms with Gasteiger partial charge in [-0.3, -0.25) is 0 Å². The van der Waals surface area contributed by atoms with E-state index >= 15 is 0 Å². The maximum Gasteiger partial charge on any atom is 0.123 e. The van der Waals surface area contributed by atoms with Crippen LogP contribution < -0.4 is 9.47 Å². The molecular formula is C14H21O2. The first-order valence-electron chi connectivity index (χ1n) is 5.65. The van der Waals surface area contributed by atoms with Gasteiger partial charge in [-0.1, -0.05) is 27.7 Å². The lowest BCUT2D eigenvalue weighted by atomic mass is 10.0. The Labute approximate surface area is 98.6 Å². The van der Waals surface area contributed by atoms with Crippen molar-refractivity contribution in [3.63, 3.8) is 0 Å². The topological polar surface area (TPSA) is 18.5 Å². The van der Waals surface area contributed by atoms with Gasteiger partial charge in [0.25, 0.3) is 0 Å². The number of methoxy groups -OCH3 is 1. The van der Waals surface area contributed by atoms with Crippen LogP contribution in [0.5, 0.6) is 11.5 Å². The van der Waals surface area contributed by atoms with E-state index in [2.05, 4.69) is 33.8 Å². The van der Waals surface area contributed by atoms with Gasteiger partial charge in [-0.25, -0.2) is 0 Å². The van der Waals surface area contributed by atoms with E-state index in [0.717, 1.165) is 23.7 Å². The third kappa shape index (κ3) is 3.76. The Balaban J connectivity index is 2.86. The van der Waals surface area contributed by atoms with Crippen LogP contribution in [0.4, 0.5) is 0 Å². The molecule has 1 radical (unpaired) electrons. The van der Waals surface area contributed by atoms with Crippen LogP contribution in [0.3, 0.4) is 0 Å². The van der Waals surface area contributed by atoms with Crippen molar-refractivity contribution < 1.29 is 9.47 Å². The minimum Gasteiger partial charge on any atom is -0.497 e. The fraction of sp³-hybridized carbons (Fsp3) is 0.500. The van der Waals surface area contributed by atoms with Crippen molar-refractivity contribution in [2.24, 2.45) is 5.92 Å². The van der Waals surface area contributed by atoms with Gasteiger partial charge in [0.2, 0.25) is 0 Å². The number of rotatable bonds is 5. The summed E-state index contributed by atoms with van der Waals surface area (Å²) in [5.41, 5.74) is 1.16. The Morgan fingerprint density at radius 1 is 1.12 bits per heavy atom. The van der Waals surface area contributed by atoms with E-state index in [-0.39, 0.29) is 0 Å². The Hall–Kier alpha value is -1.18. The van der Waals surface area contributed by atoms with Gasteiger partial charge >= 0.3 is 0 Å². The van der Waals surface area contributed by atoms with Crippen LogP contribution in [-0.4, -0.2) is 13.7 Å². The monoisotopic (exact) mass is 221 g/mol. The van der Waals surface area contributed by atoms with Gasteiger partial charge in [0.15, 0.2) is 0 Å². The summed E-state index contributed by atoms with van der Waals surface area (Å²) in [6.45, 7) is 9.17. The molecule has 1 aromatic rings. The minimum atomic E-state index is 0.529. The highest BCUT2D eigenvalue weighted by Gasteiger charge is 2.06. The molecule has 0 aromatic heterocycles. The van der Waals surface area contributed by atoms with E-state index < -0.39 is 0 Å². The summed E-state index contributed by atoms with van der Waals surface area (Å²) >= 11 is 0. The summed E-state index contributed by atoms with van der Waals surface area (Å²) in [5.74, 6) is 3.51. The molecule has 0 heterocycles. The molecule has 2 heteroatoms. The summed E-state index contributed by atoms with van der Waals surface area (Å²) in [5, 5.41) is 0. The van der Waals surface area contributed by atoms with E-state index in [1.54, 1.807) is 7.11 Å². The second-order valence-electron chi connectivity index (χ2n) is 4.60. The molecule has 0 unspecified atom stereocenters. The van der Waals surface area contributed by atoms with E-state index in [9.17, 15) is 0 Å². The Morgan fingerprint density at radius 2 is 1.75 bits per heavy atom. The average molecular weight is 221 g/mol. The van der Waals surface area contributed by atoms with Crippen LogP contribution in [-0.2, 0) is 0 Å². The molecule has 0 N–H and O–H groups in total. The first-order chi connectivity index (χ1) is 7.52. The Kier molecular flexibility index (Phi) is 4.66. The third-order valence-corrected chi connectivity index (χ3v) is 2.28. The zero-order valence-electron chi connectivity index (χ0n) is 10.8. The van der Waals surface area contributed by atoms with E-state index in [0.29, 0.717) is 5.92 Å². The van der Waals surface area contributed by atoms with Crippen molar-refractivity contribution in [2.45, 2.75) is 27.7 Å². The molecule has 0 spiro atoms. The fourth-order valence-electron chi connectivity index (χ4n) is 1.32. The standard InChI is InChI=1S/C14H21O2/c1-10(2)9-16-14-7-12(11(3)4)6-13(8-14)15-5/h6-8,10H,9H2,1-5H3. The fourth-order valence-corrected chi connectivity index (χ4v) is 1.32. The van der Waals surface area contributed by atoms with Gasteiger partial charge in [-0.15, -0.1) is 0 Å². The molecule has 0 bridgehead atoms. The summed E-state index contributed by atoms with van der Waals surface area (Å²) in [6, 6.07) is 6.01. The Bertz CT molecular complexity index is 330. The Morgan fingerprint density at radius 3 is 2.25 bits per heavy atom. The highest BCUT2D eigenvalue weighted by atomic mass is 16.5. The molecule has 89 valence electrons. The summed E-state index contributed by atoms with van der Waals surface area (Å²) < 4.78 is 11.0. The SMILES string of the molecule is COc1cc(OCC(C)C)cc([C](C)C)c1. The zero-order chi connectivity index (χ0) is 12.1. The van der Waals surface area contributed by atoms with E-state index in [4.69, 9.17) is 9.47 Å². The second-order valence-corrected chi connectivity index (χ2v) is 4.60. The van der Waals surface area contributed by atoms with Crippen LogP contribution in [0.25, 0.3) is 0 Å². The molecule has 0 saturated carbocycles. The molecule has 2 nitrogen and oxygen atoms in total. The molecule has 0 aliphatic heterocycles. The highest BCUT2D eigenvalue weighted by molar-refractivity contribution is 5.43. The largest absolute Gasteiger partial charge is 0.497 e. The molecule has 0 amide bonds. The second kappa shape index (κ2) is 5.78. The summed E-state index contributed by atoms with van der Waals surface area (Å²) in [4.78, 5) is 0. The average Bonchev–Trinajstić information content (AvgIpc) is 2.25. The molecule has 0 aliphatic carbocycles. The number of hydrogen-bond donors (Lipinski definition) is 0. The van der Waals surface area contributed by atoms with Crippen LogP contribution in [0, 0.1) is 11.8 Å². The molecule has 0 fully saturated rings. The van der Waals surface area contributed by atoms with Crippen molar-refractivity contribution in [2.75, 3.05) is 13.7 Å². The minimum absolute atomic E-state index is 0.529. The van der Waals surface area contributed by atoms with Crippen LogP contribution >= 0.6 is 0 Å². The maximum atomic E-state index is 5.71. The first-order valence-corrected chi connectivity index (χ1v) is 5.65. The predicted octanol–water partition coefficient (Wildman–Crippen LogP) is 3.69. The predicted molar refractivity (Wildman–Crippen MR) is 67.0 cm³/mol. The van der Waals surface area contributed by atoms with Gasteiger partial charge in [0.1, 0.15) is 11.5 Å². The molecule has 1 aromatic carbocycles. The maximum absolute atomic E-state index is 5.71. The van der Waals surface area contributed by atoms with Crippen molar-refractivity contribution in [3.05, 3.63) is 29.7 Å². The molecule has 0 saturated heterocycles. The molecular weight excluding hydrogens is 200 g/mol. The first kappa shape index (κ1) is 12.9. The van der Waals surface area contributed by atoms with Crippen LogP contribution in [0.15, 0.2) is 18.2 Å². The van der Waals surface area contributed by atoms with Crippen LogP contribution in [0.2, 0.25) is 0 Å². The molecule has 16 heavy (non-hydrogen) atoms. The van der Waals surface area contributed by atoms with E-state index in [1.165, 1.54) is 5.92 Å². The van der Waals surface area contributed by atoms with Gasteiger partial charge in [-0.05, 0) is 29.5 Å². The van der Waals surface area contributed by atoms with E-state index in [1.807, 2.05) is 12.1 Å². The molecule has 0 atom stereocenters. The number of benzene rings is 1. The smallest absolute Gasteiger partial charge is 0.123 e. The quantitative estimate of drug-likeness (QED) is 0.755. The molecule has 0 aliphatic rings. The van der Waals surface area contributed by atoms with Gasteiger partial charge in [0, 0.05) is 6.07 Å². The lowest BCUT2D eigenvalue weighted by Gasteiger charge is -2.13. The van der Waals surface area contributed by atoms with Gasteiger partial charge in [-0.2, -0.15) is 0 Å². The lowest BCUT2D eigenvalue weighted by Crippen LogP contribution is -2.05. The normalized spacial score (nSPS) is 10.9. The van der Waals surface area contributed by atoms with Gasteiger partial charge in [0.05, 0.1) is 13.7 Å². The summed E-state index contributed by atoms with van der Waals surface area (Å²) in [6.07, 6.45) is 0. The number of hydrogen-bond acceptors (Lipinski definition) is 2. The lowest BCUT2D eigenvalue weighted by molar-refractivity contribution is 0.269.